The minimum atomic E-state index is 0.470. The highest BCUT2D eigenvalue weighted by Gasteiger charge is 2.13. The van der Waals surface area contributed by atoms with Crippen molar-refractivity contribution >= 4 is 22.7 Å². The van der Waals surface area contributed by atoms with Gasteiger partial charge < -0.3 is 5.73 Å². The second kappa shape index (κ2) is 5.83. The smallest absolute Gasteiger partial charge is 0.100 e. The van der Waals surface area contributed by atoms with Crippen LogP contribution in [0.5, 0.6) is 0 Å². The van der Waals surface area contributed by atoms with E-state index in [1.54, 1.807) is 22.7 Å². The van der Waals surface area contributed by atoms with Gasteiger partial charge in [-0.05, 0) is 12.5 Å². The Kier molecular flexibility index (Phi) is 3.91. The van der Waals surface area contributed by atoms with Crippen molar-refractivity contribution in [3.05, 3.63) is 57.1 Å². The van der Waals surface area contributed by atoms with E-state index < -0.39 is 0 Å². The Bertz CT molecular complexity index is 701. The fraction of sp³-hybridized carbons (Fsp3) is 0.200. The van der Waals surface area contributed by atoms with E-state index in [0.29, 0.717) is 6.54 Å². The molecule has 5 heteroatoms. The van der Waals surface area contributed by atoms with Gasteiger partial charge in [0.2, 0.25) is 0 Å². The summed E-state index contributed by atoms with van der Waals surface area (Å²) < 4.78 is 0. The van der Waals surface area contributed by atoms with Gasteiger partial charge in [-0.2, -0.15) is 0 Å². The molecule has 0 saturated carbocycles. The first kappa shape index (κ1) is 13.4. The summed E-state index contributed by atoms with van der Waals surface area (Å²) in [4.78, 5) is 10.3. The molecule has 2 heterocycles. The summed E-state index contributed by atoms with van der Waals surface area (Å²) in [6, 6.07) is 10.3. The summed E-state index contributed by atoms with van der Waals surface area (Å²) >= 11 is 3.40. The Morgan fingerprint density at radius 3 is 2.55 bits per heavy atom. The van der Waals surface area contributed by atoms with Crippen LogP contribution >= 0.6 is 22.7 Å². The van der Waals surface area contributed by atoms with E-state index in [1.807, 2.05) is 25.1 Å². The molecule has 3 aromatic rings. The lowest BCUT2D eigenvalue weighted by Gasteiger charge is -1.98. The van der Waals surface area contributed by atoms with Crippen molar-refractivity contribution in [3.63, 3.8) is 0 Å². The van der Waals surface area contributed by atoms with Crippen LogP contribution in [0, 0.1) is 6.92 Å². The van der Waals surface area contributed by atoms with Crippen LogP contribution in [0.2, 0.25) is 0 Å². The van der Waals surface area contributed by atoms with E-state index in [0.717, 1.165) is 27.8 Å². The maximum atomic E-state index is 5.83. The molecule has 1 aromatic carbocycles. The van der Waals surface area contributed by atoms with Crippen molar-refractivity contribution in [1.29, 1.82) is 0 Å². The van der Waals surface area contributed by atoms with Crippen LogP contribution in [0.4, 0.5) is 0 Å². The molecule has 0 radical (unpaired) electrons. The number of nitrogens with zero attached hydrogens (tertiary/aromatic N) is 2. The lowest BCUT2D eigenvalue weighted by atomic mass is 10.1. The van der Waals surface area contributed by atoms with E-state index in [1.165, 1.54) is 10.4 Å². The number of aromatic nitrogens is 2. The Morgan fingerprint density at radius 1 is 1.10 bits per heavy atom. The molecule has 102 valence electrons. The van der Waals surface area contributed by atoms with Crippen LogP contribution in [0.3, 0.4) is 0 Å². The first-order chi connectivity index (χ1) is 9.76. The Labute approximate surface area is 126 Å². The summed E-state index contributed by atoms with van der Waals surface area (Å²) in [6.07, 6.45) is 0.795. The maximum Gasteiger partial charge on any atom is 0.100 e. The Balaban J connectivity index is 1.92. The van der Waals surface area contributed by atoms with Crippen molar-refractivity contribution in [1.82, 2.24) is 9.97 Å². The molecule has 0 aliphatic heterocycles. The second-order valence-electron chi connectivity index (χ2n) is 4.51. The minimum Gasteiger partial charge on any atom is -0.325 e. The molecule has 2 N–H and O–H groups in total. The predicted molar refractivity (Wildman–Crippen MR) is 85.1 cm³/mol. The number of rotatable bonds is 4. The Hall–Kier alpha value is -1.56. The molecule has 0 atom stereocenters. The highest BCUT2D eigenvalue weighted by atomic mass is 32.1. The van der Waals surface area contributed by atoms with E-state index in [9.17, 15) is 0 Å². The molecule has 0 amide bonds. The number of benzene rings is 1. The third kappa shape index (κ3) is 2.80. The largest absolute Gasteiger partial charge is 0.325 e. The standard InChI is InChI=1S/C15H15N3S2/c1-10-9-19-13(17-10)7-14-18-12(8-16)15(20-14)11-5-3-2-4-6-11/h2-6,9H,7-8,16H2,1H3. The molecule has 0 saturated heterocycles. The van der Waals surface area contributed by atoms with Crippen molar-refractivity contribution < 1.29 is 0 Å². The third-order valence-electron chi connectivity index (χ3n) is 2.94. The van der Waals surface area contributed by atoms with Gasteiger partial charge in [-0.3, -0.25) is 0 Å². The molecule has 3 rings (SSSR count). The van der Waals surface area contributed by atoms with E-state index in [-0.39, 0.29) is 0 Å². The summed E-state index contributed by atoms with van der Waals surface area (Å²) in [5.41, 5.74) is 9.07. The van der Waals surface area contributed by atoms with Gasteiger partial charge >= 0.3 is 0 Å². The molecule has 0 unspecified atom stereocenters. The van der Waals surface area contributed by atoms with Gasteiger partial charge in [0.25, 0.3) is 0 Å². The van der Waals surface area contributed by atoms with Crippen LogP contribution in [-0.2, 0) is 13.0 Å². The predicted octanol–water partition coefficient (Wildman–Crippen LogP) is 3.62. The molecule has 0 aliphatic rings. The molecular weight excluding hydrogens is 286 g/mol. The first-order valence-electron chi connectivity index (χ1n) is 6.41. The number of nitrogens with two attached hydrogens (primary N) is 1. The van der Waals surface area contributed by atoms with Crippen molar-refractivity contribution in [2.24, 2.45) is 5.73 Å². The molecule has 2 aromatic heterocycles. The molecule has 3 nitrogen and oxygen atoms in total. The third-order valence-corrected chi connectivity index (χ3v) is 5.05. The van der Waals surface area contributed by atoms with E-state index >= 15 is 0 Å². The molecule has 0 bridgehead atoms. The fourth-order valence-corrected chi connectivity index (χ4v) is 4.01. The topological polar surface area (TPSA) is 51.8 Å². The first-order valence-corrected chi connectivity index (χ1v) is 8.11. The summed E-state index contributed by atoms with van der Waals surface area (Å²) in [6.45, 7) is 2.49. The van der Waals surface area contributed by atoms with Gasteiger partial charge in [-0.15, -0.1) is 22.7 Å². The number of hydrogen-bond donors (Lipinski definition) is 1. The average molecular weight is 301 g/mol. The second-order valence-corrected chi connectivity index (χ2v) is 6.54. The summed E-state index contributed by atoms with van der Waals surface area (Å²) in [7, 11) is 0. The molecule has 20 heavy (non-hydrogen) atoms. The van der Waals surface area contributed by atoms with Crippen LogP contribution in [0.1, 0.15) is 21.4 Å². The van der Waals surface area contributed by atoms with Gasteiger partial charge in [0.05, 0.1) is 22.0 Å². The van der Waals surface area contributed by atoms with Gasteiger partial charge in [0.15, 0.2) is 0 Å². The van der Waals surface area contributed by atoms with E-state index in [4.69, 9.17) is 5.73 Å². The lowest BCUT2D eigenvalue weighted by Crippen LogP contribution is -1.98. The van der Waals surface area contributed by atoms with Crippen LogP contribution in [0.15, 0.2) is 35.7 Å². The highest BCUT2D eigenvalue weighted by molar-refractivity contribution is 7.15. The SMILES string of the molecule is Cc1csc(Cc2nc(CN)c(-c3ccccc3)s2)n1. The average Bonchev–Trinajstić information content (AvgIpc) is 3.06. The number of thiazole rings is 2. The zero-order valence-electron chi connectivity index (χ0n) is 11.2. The van der Waals surface area contributed by atoms with Crippen LogP contribution < -0.4 is 5.73 Å². The highest BCUT2D eigenvalue weighted by Crippen LogP contribution is 2.31. The zero-order chi connectivity index (χ0) is 13.9. The normalized spacial score (nSPS) is 10.9. The minimum absolute atomic E-state index is 0.470. The summed E-state index contributed by atoms with van der Waals surface area (Å²) in [5.74, 6) is 0. The monoisotopic (exact) mass is 301 g/mol. The number of aryl methyl sites for hydroxylation is 1. The van der Waals surface area contributed by atoms with Crippen molar-refractivity contribution in [2.45, 2.75) is 19.9 Å². The molecule has 0 spiro atoms. The molecule has 0 fully saturated rings. The van der Waals surface area contributed by atoms with Crippen LogP contribution in [0.25, 0.3) is 10.4 Å². The number of hydrogen-bond acceptors (Lipinski definition) is 5. The summed E-state index contributed by atoms with van der Waals surface area (Å²) in [5, 5.41) is 4.27. The maximum absolute atomic E-state index is 5.83. The Morgan fingerprint density at radius 2 is 1.90 bits per heavy atom. The van der Waals surface area contributed by atoms with Gasteiger partial charge in [-0.1, -0.05) is 30.3 Å². The zero-order valence-corrected chi connectivity index (χ0v) is 12.8. The fourth-order valence-electron chi connectivity index (χ4n) is 2.04. The molecule has 0 aliphatic carbocycles. The van der Waals surface area contributed by atoms with Gasteiger partial charge in [-0.25, -0.2) is 9.97 Å². The van der Waals surface area contributed by atoms with Crippen LogP contribution in [-0.4, -0.2) is 9.97 Å². The molecular formula is C15H15N3S2. The quantitative estimate of drug-likeness (QED) is 0.800. The lowest BCUT2D eigenvalue weighted by molar-refractivity contribution is 0.978. The van der Waals surface area contributed by atoms with Crippen molar-refractivity contribution in [3.8, 4) is 10.4 Å². The van der Waals surface area contributed by atoms with Gasteiger partial charge in [0.1, 0.15) is 5.01 Å². The van der Waals surface area contributed by atoms with Gasteiger partial charge in [0, 0.05) is 17.6 Å². The van der Waals surface area contributed by atoms with E-state index in [2.05, 4.69) is 27.5 Å². The van der Waals surface area contributed by atoms with Crippen molar-refractivity contribution in [2.75, 3.05) is 0 Å².